The summed E-state index contributed by atoms with van der Waals surface area (Å²) in [6.07, 6.45) is 8.20. The van der Waals surface area contributed by atoms with E-state index in [4.69, 9.17) is 4.74 Å². The van der Waals surface area contributed by atoms with Crippen LogP contribution in [0.1, 0.15) is 72.1 Å². The molecule has 0 saturated heterocycles. The SMILES string of the molecule is CCC(=O)O[C@H]1CC[C@@]2(C)C(=CC(O)[C@@H]3[C@@H]2CC[C@]2(C)C(=O)CC[C@@H]32)C1. The Hall–Kier alpha value is -1.16. The van der Waals surface area contributed by atoms with Gasteiger partial charge in [0.25, 0.3) is 0 Å². The van der Waals surface area contributed by atoms with Gasteiger partial charge in [0.1, 0.15) is 11.9 Å². The third-order valence-electron chi connectivity index (χ3n) is 8.38. The van der Waals surface area contributed by atoms with Gasteiger partial charge in [-0.25, -0.2) is 0 Å². The fourth-order valence-corrected chi connectivity index (χ4v) is 6.76. The summed E-state index contributed by atoms with van der Waals surface area (Å²) in [6.45, 7) is 6.31. The number of esters is 1. The summed E-state index contributed by atoms with van der Waals surface area (Å²) in [7, 11) is 0. The third kappa shape index (κ3) is 2.51. The number of fused-ring (bicyclic) bond motifs is 5. The molecule has 0 radical (unpaired) electrons. The molecule has 26 heavy (non-hydrogen) atoms. The molecule has 0 bridgehead atoms. The maximum atomic E-state index is 12.5. The smallest absolute Gasteiger partial charge is 0.305 e. The molecule has 0 aromatic heterocycles. The van der Waals surface area contributed by atoms with Crippen LogP contribution in [0.15, 0.2) is 11.6 Å². The van der Waals surface area contributed by atoms with Gasteiger partial charge in [-0.2, -0.15) is 0 Å². The van der Waals surface area contributed by atoms with Gasteiger partial charge in [0.05, 0.1) is 6.10 Å². The van der Waals surface area contributed by atoms with Crippen molar-refractivity contribution in [1.29, 1.82) is 0 Å². The highest BCUT2D eigenvalue weighted by Crippen LogP contribution is 2.64. The Morgan fingerprint density at radius 1 is 1.19 bits per heavy atom. The Kier molecular flexibility index (Phi) is 4.33. The highest BCUT2D eigenvalue weighted by Gasteiger charge is 2.60. The first-order chi connectivity index (χ1) is 12.3. The standard InChI is InChI=1S/C22H32O4/c1-4-19(25)26-14-7-9-21(2)13(11-14)12-17(23)20-15-5-6-18(24)22(15,3)10-8-16(20)21/h12,14-17,20,23H,4-11H2,1-3H3/t14-,15-,16-,17?,20-,21-,22-/m0/s1. The zero-order valence-electron chi connectivity index (χ0n) is 16.3. The first-order valence-electron chi connectivity index (χ1n) is 10.4. The lowest BCUT2D eigenvalue weighted by molar-refractivity contribution is -0.151. The van der Waals surface area contributed by atoms with Crippen LogP contribution in [0.5, 0.6) is 0 Å². The number of carbonyl (C=O) groups is 2. The number of hydrogen-bond donors (Lipinski definition) is 1. The monoisotopic (exact) mass is 360 g/mol. The number of rotatable bonds is 2. The lowest BCUT2D eigenvalue weighted by Crippen LogP contribution is -2.54. The largest absolute Gasteiger partial charge is 0.462 e. The number of aliphatic hydroxyl groups is 1. The quantitative estimate of drug-likeness (QED) is 0.601. The van der Waals surface area contributed by atoms with Crippen LogP contribution in [0.2, 0.25) is 0 Å². The molecule has 0 aromatic carbocycles. The van der Waals surface area contributed by atoms with Crippen molar-refractivity contribution in [2.24, 2.45) is 28.6 Å². The predicted molar refractivity (Wildman–Crippen MR) is 98.3 cm³/mol. The van der Waals surface area contributed by atoms with Crippen LogP contribution in [0.3, 0.4) is 0 Å². The van der Waals surface area contributed by atoms with Crippen molar-refractivity contribution in [3.05, 3.63) is 11.6 Å². The van der Waals surface area contributed by atoms with Crippen molar-refractivity contribution < 1.29 is 19.4 Å². The summed E-state index contributed by atoms with van der Waals surface area (Å²) in [6, 6.07) is 0. The second-order valence-corrected chi connectivity index (χ2v) is 9.52. The maximum Gasteiger partial charge on any atom is 0.305 e. The first-order valence-corrected chi connectivity index (χ1v) is 10.4. The molecule has 0 heterocycles. The third-order valence-corrected chi connectivity index (χ3v) is 8.38. The minimum atomic E-state index is -0.473. The molecule has 4 aliphatic rings. The van der Waals surface area contributed by atoms with Crippen LogP contribution in [-0.4, -0.2) is 29.1 Å². The van der Waals surface area contributed by atoms with Gasteiger partial charge in [-0.05, 0) is 55.3 Å². The van der Waals surface area contributed by atoms with Crippen LogP contribution in [0.4, 0.5) is 0 Å². The number of Topliss-reactive ketones (excluding diaryl/α,β-unsaturated/α-hetero) is 1. The Labute approximate surface area is 156 Å². The molecule has 0 aliphatic heterocycles. The van der Waals surface area contributed by atoms with E-state index in [9.17, 15) is 14.7 Å². The van der Waals surface area contributed by atoms with Gasteiger partial charge < -0.3 is 9.84 Å². The van der Waals surface area contributed by atoms with Gasteiger partial charge in [0.2, 0.25) is 0 Å². The molecule has 3 fully saturated rings. The van der Waals surface area contributed by atoms with Gasteiger partial charge in [0.15, 0.2) is 0 Å². The Morgan fingerprint density at radius 3 is 2.62 bits per heavy atom. The lowest BCUT2D eigenvalue weighted by atomic mass is 9.47. The van der Waals surface area contributed by atoms with Crippen LogP contribution < -0.4 is 0 Å². The second-order valence-electron chi connectivity index (χ2n) is 9.52. The minimum Gasteiger partial charge on any atom is -0.462 e. The van der Waals surface area contributed by atoms with E-state index in [1.54, 1.807) is 0 Å². The van der Waals surface area contributed by atoms with E-state index in [0.717, 1.165) is 38.5 Å². The van der Waals surface area contributed by atoms with Gasteiger partial charge in [-0.1, -0.05) is 32.4 Å². The van der Waals surface area contributed by atoms with E-state index in [0.29, 0.717) is 30.5 Å². The topological polar surface area (TPSA) is 63.6 Å². The molecule has 4 aliphatic carbocycles. The molecular weight excluding hydrogens is 328 g/mol. The van der Waals surface area contributed by atoms with Crippen LogP contribution in [0, 0.1) is 28.6 Å². The molecule has 1 unspecified atom stereocenters. The summed E-state index contributed by atoms with van der Waals surface area (Å²) in [5, 5.41) is 11.0. The summed E-state index contributed by atoms with van der Waals surface area (Å²) in [5.74, 6) is 1.22. The fourth-order valence-electron chi connectivity index (χ4n) is 6.76. The molecule has 144 valence electrons. The van der Waals surface area contributed by atoms with Gasteiger partial charge in [0, 0.05) is 24.7 Å². The molecule has 4 nitrogen and oxygen atoms in total. The fraction of sp³-hybridized carbons (Fsp3) is 0.818. The molecule has 3 saturated carbocycles. The average molecular weight is 360 g/mol. The van der Waals surface area contributed by atoms with Gasteiger partial charge in [-0.3, -0.25) is 9.59 Å². The van der Waals surface area contributed by atoms with Crippen LogP contribution >= 0.6 is 0 Å². The molecule has 0 amide bonds. The molecule has 0 spiro atoms. The number of ether oxygens (including phenoxy) is 1. The normalized spacial score (nSPS) is 47.5. The van der Waals surface area contributed by atoms with E-state index in [1.165, 1.54) is 5.57 Å². The highest BCUT2D eigenvalue weighted by molar-refractivity contribution is 5.87. The molecule has 1 N–H and O–H groups in total. The van der Waals surface area contributed by atoms with Crippen molar-refractivity contribution in [3.63, 3.8) is 0 Å². The molecule has 7 atom stereocenters. The zero-order valence-corrected chi connectivity index (χ0v) is 16.3. The summed E-state index contributed by atoms with van der Waals surface area (Å²) in [4.78, 5) is 24.2. The van der Waals surface area contributed by atoms with Crippen LogP contribution in [-0.2, 0) is 14.3 Å². The highest BCUT2D eigenvalue weighted by atomic mass is 16.5. The van der Waals surface area contributed by atoms with Crippen LogP contribution in [0.25, 0.3) is 0 Å². The number of carbonyl (C=O) groups excluding carboxylic acids is 2. The van der Waals surface area contributed by atoms with E-state index in [-0.39, 0.29) is 28.8 Å². The van der Waals surface area contributed by atoms with E-state index >= 15 is 0 Å². The zero-order chi connectivity index (χ0) is 18.7. The Balaban J connectivity index is 1.62. The summed E-state index contributed by atoms with van der Waals surface area (Å²) in [5.41, 5.74) is 1.13. The maximum absolute atomic E-state index is 12.5. The number of hydrogen-bond acceptors (Lipinski definition) is 4. The first kappa shape index (κ1) is 18.2. The van der Waals surface area contributed by atoms with Crippen molar-refractivity contribution in [2.45, 2.75) is 84.3 Å². The van der Waals surface area contributed by atoms with Crippen molar-refractivity contribution in [3.8, 4) is 0 Å². The summed E-state index contributed by atoms with van der Waals surface area (Å²) >= 11 is 0. The molecule has 4 rings (SSSR count). The minimum absolute atomic E-state index is 0.0487. The van der Waals surface area contributed by atoms with Crippen molar-refractivity contribution in [2.75, 3.05) is 0 Å². The number of ketones is 1. The predicted octanol–water partition coefficient (Wildman–Crippen LogP) is 3.81. The lowest BCUT2D eigenvalue weighted by Gasteiger charge is -2.58. The van der Waals surface area contributed by atoms with Gasteiger partial charge in [-0.15, -0.1) is 0 Å². The van der Waals surface area contributed by atoms with Crippen molar-refractivity contribution >= 4 is 11.8 Å². The molecule has 0 aromatic rings. The van der Waals surface area contributed by atoms with E-state index in [1.807, 2.05) is 6.92 Å². The van der Waals surface area contributed by atoms with E-state index in [2.05, 4.69) is 19.9 Å². The van der Waals surface area contributed by atoms with E-state index < -0.39 is 6.10 Å². The second kappa shape index (κ2) is 6.19. The molecule has 4 heteroatoms. The number of aliphatic hydroxyl groups excluding tert-OH is 1. The summed E-state index contributed by atoms with van der Waals surface area (Å²) < 4.78 is 5.60. The van der Waals surface area contributed by atoms with Crippen molar-refractivity contribution in [1.82, 2.24) is 0 Å². The Morgan fingerprint density at radius 2 is 1.88 bits per heavy atom. The van der Waals surface area contributed by atoms with Gasteiger partial charge >= 0.3 is 5.97 Å². The average Bonchev–Trinajstić information content (AvgIpc) is 2.91. The Bertz CT molecular complexity index is 653. The molecular formula is C22H32O4.